The van der Waals surface area contributed by atoms with Crippen molar-refractivity contribution in [2.24, 2.45) is 0 Å². The van der Waals surface area contributed by atoms with E-state index in [4.69, 9.17) is 0 Å². The summed E-state index contributed by atoms with van der Waals surface area (Å²) in [5.41, 5.74) is 2.42. The Hall–Kier alpha value is -3.07. The number of aromatic nitrogens is 4. The number of nitrogens with one attached hydrogen (secondary N) is 2. The van der Waals surface area contributed by atoms with Crippen LogP contribution in [-0.4, -0.2) is 32.0 Å². The topological polar surface area (TPSA) is 102 Å². The summed E-state index contributed by atoms with van der Waals surface area (Å²) in [5, 5.41) is 18.3. The number of anilines is 1. The Morgan fingerprint density at radius 2 is 1.88 bits per heavy atom. The molecule has 0 aliphatic heterocycles. The van der Waals surface area contributed by atoms with Gasteiger partial charge in [-0.25, -0.2) is 4.68 Å². The van der Waals surface area contributed by atoms with E-state index in [1.165, 1.54) is 20.9 Å². The number of nitrogens with zero attached hydrogens (tertiary/aromatic N) is 4. The summed E-state index contributed by atoms with van der Waals surface area (Å²) in [6.45, 7) is 6.42. The predicted octanol–water partition coefficient (Wildman–Crippen LogP) is 3.48. The first-order valence-electron chi connectivity index (χ1n) is 10.9. The molecule has 0 spiro atoms. The second-order valence-electron chi connectivity index (χ2n) is 9.04. The molecule has 3 aromatic rings. The van der Waals surface area contributed by atoms with Gasteiger partial charge in [0.15, 0.2) is 5.82 Å². The van der Waals surface area contributed by atoms with Gasteiger partial charge in [-0.2, -0.15) is 0 Å². The molecule has 2 aromatic heterocycles. The number of hydrogen-bond acceptors (Lipinski definition) is 6. The van der Waals surface area contributed by atoms with Crippen LogP contribution >= 0.6 is 11.3 Å². The van der Waals surface area contributed by atoms with Gasteiger partial charge in [-0.15, -0.1) is 16.4 Å². The third-order valence-electron chi connectivity index (χ3n) is 5.44. The van der Waals surface area contributed by atoms with Crippen molar-refractivity contribution in [3.05, 3.63) is 57.7 Å². The first kappa shape index (κ1) is 22.1. The Labute approximate surface area is 191 Å². The van der Waals surface area contributed by atoms with E-state index in [0.29, 0.717) is 22.9 Å². The molecule has 0 unspecified atom stereocenters. The van der Waals surface area contributed by atoms with Gasteiger partial charge in [-0.05, 0) is 47.2 Å². The lowest BCUT2D eigenvalue weighted by atomic mass is 9.95. The molecule has 2 amide bonds. The number of hydrogen-bond donors (Lipinski definition) is 2. The Morgan fingerprint density at radius 3 is 2.62 bits per heavy atom. The van der Waals surface area contributed by atoms with Crippen LogP contribution < -0.4 is 10.6 Å². The van der Waals surface area contributed by atoms with Crippen LogP contribution in [0.3, 0.4) is 0 Å². The van der Waals surface area contributed by atoms with E-state index in [1.807, 2.05) is 51.1 Å². The summed E-state index contributed by atoms with van der Waals surface area (Å²) in [6, 6.07) is 9.80. The zero-order valence-electron chi connectivity index (χ0n) is 18.6. The van der Waals surface area contributed by atoms with Gasteiger partial charge in [-0.1, -0.05) is 51.1 Å². The summed E-state index contributed by atoms with van der Waals surface area (Å²) in [6.07, 6.45) is 3.95. The molecule has 2 N–H and O–H groups in total. The summed E-state index contributed by atoms with van der Waals surface area (Å²) >= 11 is 1.51. The van der Waals surface area contributed by atoms with E-state index in [9.17, 15) is 9.59 Å². The maximum Gasteiger partial charge on any atom is 0.254 e. The zero-order chi connectivity index (χ0) is 22.7. The van der Waals surface area contributed by atoms with Crippen molar-refractivity contribution >= 4 is 28.2 Å². The smallest absolute Gasteiger partial charge is 0.254 e. The van der Waals surface area contributed by atoms with Gasteiger partial charge in [0.05, 0.1) is 5.56 Å². The molecule has 8 nitrogen and oxygen atoms in total. The Balaban J connectivity index is 1.53. The zero-order valence-corrected chi connectivity index (χ0v) is 19.5. The van der Waals surface area contributed by atoms with Crippen molar-refractivity contribution in [1.29, 1.82) is 0 Å². The number of benzene rings is 1. The molecule has 0 saturated carbocycles. The molecular weight excluding hydrogens is 424 g/mol. The van der Waals surface area contributed by atoms with Crippen molar-refractivity contribution in [1.82, 2.24) is 25.5 Å². The highest BCUT2D eigenvalue weighted by molar-refractivity contribution is 7.17. The highest BCUT2D eigenvalue weighted by atomic mass is 32.1. The average molecular weight is 453 g/mol. The summed E-state index contributed by atoms with van der Waals surface area (Å²) in [5.74, 6) is 0.235. The van der Waals surface area contributed by atoms with Gasteiger partial charge in [0.2, 0.25) is 5.91 Å². The fourth-order valence-electron chi connectivity index (χ4n) is 3.91. The summed E-state index contributed by atoms with van der Waals surface area (Å²) in [7, 11) is 0. The molecule has 0 atom stereocenters. The molecule has 0 fully saturated rings. The van der Waals surface area contributed by atoms with Crippen LogP contribution in [0.25, 0.3) is 0 Å². The van der Waals surface area contributed by atoms with Crippen LogP contribution in [-0.2, 0) is 36.1 Å². The third kappa shape index (κ3) is 4.88. The fourth-order valence-corrected chi connectivity index (χ4v) is 5.21. The SMILES string of the molecule is CC(C)(C)c1nnnn1CC(=O)Nc1sc2c(c1C(=O)NCc1ccccc1)CCCC2. The molecule has 2 heterocycles. The van der Waals surface area contributed by atoms with Gasteiger partial charge in [0.25, 0.3) is 5.91 Å². The highest BCUT2D eigenvalue weighted by Crippen LogP contribution is 2.38. The molecule has 1 aliphatic rings. The number of rotatable bonds is 6. The first-order valence-corrected chi connectivity index (χ1v) is 11.7. The lowest BCUT2D eigenvalue weighted by molar-refractivity contribution is -0.117. The minimum atomic E-state index is -0.283. The number of tetrazole rings is 1. The molecule has 4 rings (SSSR count). The quantitative estimate of drug-likeness (QED) is 0.596. The Kier molecular flexibility index (Phi) is 6.36. The minimum absolute atomic E-state index is 0.00670. The van der Waals surface area contributed by atoms with Crippen molar-refractivity contribution in [3.8, 4) is 0 Å². The molecular formula is C23H28N6O2S. The minimum Gasteiger partial charge on any atom is -0.348 e. The van der Waals surface area contributed by atoms with Crippen molar-refractivity contribution < 1.29 is 9.59 Å². The molecule has 0 bridgehead atoms. The van der Waals surface area contributed by atoms with Gasteiger partial charge >= 0.3 is 0 Å². The van der Waals surface area contributed by atoms with Crippen molar-refractivity contribution in [2.45, 2.75) is 65.0 Å². The largest absolute Gasteiger partial charge is 0.348 e. The van der Waals surface area contributed by atoms with Crippen LogP contribution in [0.2, 0.25) is 0 Å². The Bertz CT molecular complexity index is 1110. The first-order chi connectivity index (χ1) is 15.3. The maximum atomic E-state index is 13.2. The standard InChI is InChI=1S/C23H28N6O2S/c1-23(2,3)22-26-27-28-29(22)14-18(30)25-21-19(16-11-7-8-12-17(16)32-21)20(31)24-13-15-9-5-4-6-10-15/h4-6,9-10H,7-8,11-14H2,1-3H3,(H,24,31)(H,25,30). The van der Waals surface area contributed by atoms with Crippen LogP contribution in [0.15, 0.2) is 30.3 Å². The molecule has 168 valence electrons. The van der Waals surface area contributed by atoms with Gasteiger partial charge in [0, 0.05) is 16.8 Å². The van der Waals surface area contributed by atoms with E-state index in [2.05, 4.69) is 26.2 Å². The molecule has 9 heteroatoms. The normalized spacial score (nSPS) is 13.5. The summed E-state index contributed by atoms with van der Waals surface area (Å²) < 4.78 is 1.51. The Morgan fingerprint density at radius 1 is 1.12 bits per heavy atom. The number of aryl methyl sites for hydroxylation is 1. The van der Waals surface area contributed by atoms with E-state index >= 15 is 0 Å². The monoisotopic (exact) mass is 452 g/mol. The fraction of sp³-hybridized carbons (Fsp3) is 0.435. The second-order valence-corrected chi connectivity index (χ2v) is 10.1. The van der Waals surface area contributed by atoms with E-state index < -0.39 is 0 Å². The van der Waals surface area contributed by atoms with Crippen LogP contribution in [0, 0.1) is 0 Å². The van der Waals surface area contributed by atoms with E-state index in [1.54, 1.807) is 0 Å². The van der Waals surface area contributed by atoms with Crippen LogP contribution in [0.4, 0.5) is 5.00 Å². The highest BCUT2D eigenvalue weighted by Gasteiger charge is 2.27. The lowest BCUT2D eigenvalue weighted by Gasteiger charge is -2.17. The second kappa shape index (κ2) is 9.20. The molecule has 0 saturated heterocycles. The van der Waals surface area contributed by atoms with Crippen molar-refractivity contribution in [3.63, 3.8) is 0 Å². The molecule has 1 aromatic carbocycles. The van der Waals surface area contributed by atoms with E-state index in [-0.39, 0.29) is 23.8 Å². The maximum absolute atomic E-state index is 13.2. The van der Waals surface area contributed by atoms with Gasteiger partial charge in [-0.3, -0.25) is 9.59 Å². The third-order valence-corrected chi connectivity index (χ3v) is 6.65. The van der Waals surface area contributed by atoms with E-state index in [0.717, 1.165) is 36.8 Å². The number of amides is 2. The lowest BCUT2D eigenvalue weighted by Crippen LogP contribution is -2.28. The van der Waals surface area contributed by atoms with Crippen LogP contribution in [0.1, 0.15) is 65.8 Å². The number of fused-ring (bicyclic) bond motifs is 1. The molecule has 1 aliphatic carbocycles. The summed E-state index contributed by atoms with van der Waals surface area (Å²) in [4.78, 5) is 27.2. The molecule has 0 radical (unpaired) electrons. The number of thiophene rings is 1. The van der Waals surface area contributed by atoms with Crippen molar-refractivity contribution in [2.75, 3.05) is 5.32 Å². The van der Waals surface area contributed by atoms with Gasteiger partial charge in [0.1, 0.15) is 11.5 Å². The number of carbonyl (C=O) groups excluding carboxylic acids is 2. The van der Waals surface area contributed by atoms with Gasteiger partial charge < -0.3 is 10.6 Å². The average Bonchev–Trinajstić information content (AvgIpc) is 3.36. The molecule has 32 heavy (non-hydrogen) atoms. The predicted molar refractivity (Wildman–Crippen MR) is 124 cm³/mol. The number of carbonyl (C=O) groups is 2. The van der Waals surface area contributed by atoms with Crippen LogP contribution in [0.5, 0.6) is 0 Å².